The van der Waals surface area contributed by atoms with Gasteiger partial charge in [-0.25, -0.2) is 13.1 Å². The van der Waals surface area contributed by atoms with Gasteiger partial charge >= 0.3 is 0 Å². The molecular weight excluding hydrogens is 262 g/mol. The highest BCUT2D eigenvalue weighted by Crippen LogP contribution is 2.47. The van der Waals surface area contributed by atoms with Gasteiger partial charge < -0.3 is 4.74 Å². The van der Waals surface area contributed by atoms with Gasteiger partial charge in [-0.2, -0.15) is 0 Å². The molecule has 19 heavy (non-hydrogen) atoms. The zero-order valence-electron chi connectivity index (χ0n) is 11.1. The Balaban J connectivity index is 1.98. The maximum atomic E-state index is 11.6. The third kappa shape index (κ3) is 2.62. The van der Waals surface area contributed by atoms with Crippen LogP contribution in [0.1, 0.15) is 43.7 Å². The lowest BCUT2D eigenvalue weighted by Gasteiger charge is -2.40. The molecule has 2 aliphatic rings. The van der Waals surface area contributed by atoms with Crippen LogP contribution in [0.5, 0.6) is 5.75 Å². The normalized spacial score (nSPS) is 25.0. The topological polar surface area (TPSA) is 55.4 Å². The number of hydrogen-bond acceptors (Lipinski definition) is 3. The molecule has 104 valence electrons. The van der Waals surface area contributed by atoms with E-state index in [1.807, 2.05) is 24.3 Å². The summed E-state index contributed by atoms with van der Waals surface area (Å²) in [6.45, 7) is 0. The first kappa shape index (κ1) is 12.9. The van der Waals surface area contributed by atoms with Crippen molar-refractivity contribution in [3.8, 4) is 5.75 Å². The Kier molecular flexibility index (Phi) is 3.06. The van der Waals surface area contributed by atoms with Crippen LogP contribution in [0.25, 0.3) is 0 Å². The van der Waals surface area contributed by atoms with Gasteiger partial charge in [-0.1, -0.05) is 18.2 Å². The van der Waals surface area contributed by atoms with Gasteiger partial charge in [0.25, 0.3) is 0 Å². The minimum Gasteiger partial charge on any atom is -0.487 e. The van der Waals surface area contributed by atoms with E-state index in [1.54, 1.807) is 0 Å². The fraction of sp³-hybridized carbons (Fsp3) is 0.571. The number of sulfonamides is 1. The summed E-state index contributed by atoms with van der Waals surface area (Å²) in [6, 6.07) is 7.57. The first-order valence-corrected chi connectivity index (χ1v) is 8.62. The number of benzene rings is 1. The Morgan fingerprint density at radius 3 is 2.63 bits per heavy atom. The van der Waals surface area contributed by atoms with Gasteiger partial charge in [-0.05, 0) is 31.7 Å². The summed E-state index contributed by atoms with van der Waals surface area (Å²) in [4.78, 5) is 0. The second kappa shape index (κ2) is 4.49. The number of ether oxygens (including phenoxy) is 1. The molecule has 4 nitrogen and oxygen atoms in total. The van der Waals surface area contributed by atoms with Crippen LogP contribution in [0, 0.1) is 0 Å². The number of para-hydroxylation sites is 1. The van der Waals surface area contributed by atoms with E-state index in [9.17, 15) is 8.42 Å². The SMILES string of the molecule is CS(=O)(=O)N[C@@H]1CC2(CCCC2)Oc2ccccc21. The fourth-order valence-corrected chi connectivity index (χ4v) is 4.03. The van der Waals surface area contributed by atoms with Gasteiger partial charge in [-0.15, -0.1) is 0 Å². The first-order chi connectivity index (χ1) is 8.98. The Morgan fingerprint density at radius 1 is 1.26 bits per heavy atom. The molecule has 1 saturated carbocycles. The Morgan fingerprint density at radius 2 is 1.95 bits per heavy atom. The molecule has 1 spiro atoms. The second-order valence-electron chi connectivity index (χ2n) is 5.68. The molecule has 1 aromatic rings. The molecule has 3 rings (SSSR count). The molecule has 1 N–H and O–H groups in total. The molecule has 5 heteroatoms. The van der Waals surface area contributed by atoms with Crippen molar-refractivity contribution in [2.45, 2.75) is 43.7 Å². The van der Waals surface area contributed by atoms with Crippen molar-refractivity contribution in [3.05, 3.63) is 29.8 Å². The minimum atomic E-state index is -3.22. The predicted octanol–water partition coefficient (Wildman–Crippen LogP) is 2.37. The fourth-order valence-electron chi connectivity index (χ4n) is 3.31. The zero-order valence-corrected chi connectivity index (χ0v) is 11.9. The number of rotatable bonds is 2. The molecule has 1 heterocycles. The van der Waals surface area contributed by atoms with Gasteiger partial charge in [0.15, 0.2) is 0 Å². The van der Waals surface area contributed by atoms with Crippen LogP contribution < -0.4 is 9.46 Å². The molecule has 0 aromatic heterocycles. The van der Waals surface area contributed by atoms with E-state index in [4.69, 9.17) is 4.74 Å². The molecule has 0 amide bonds. The number of fused-ring (bicyclic) bond motifs is 1. The highest BCUT2D eigenvalue weighted by molar-refractivity contribution is 7.88. The van der Waals surface area contributed by atoms with Crippen LogP contribution in [0.4, 0.5) is 0 Å². The van der Waals surface area contributed by atoms with E-state index in [0.29, 0.717) is 0 Å². The molecule has 0 unspecified atom stereocenters. The quantitative estimate of drug-likeness (QED) is 0.905. The van der Waals surface area contributed by atoms with Crippen LogP contribution in [0.3, 0.4) is 0 Å². The number of nitrogens with one attached hydrogen (secondary N) is 1. The average molecular weight is 281 g/mol. The molecule has 1 fully saturated rings. The Hall–Kier alpha value is -1.07. The summed E-state index contributed by atoms with van der Waals surface area (Å²) in [5, 5.41) is 0. The molecule has 0 radical (unpaired) electrons. The number of hydrogen-bond donors (Lipinski definition) is 1. The lowest BCUT2D eigenvalue weighted by Crippen LogP contribution is -2.43. The highest BCUT2D eigenvalue weighted by Gasteiger charge is 2.43. The third-order valence-electron chi connectivity index (χ3n) is 4.07. The minimum absolute atomic E-state index is 0.168. The average Bonchev–Trinajstić information content (AvgIpc) is 2.75. The lowest BCUT2D eigenvalue weighted by atomic mass is 9.86. The third-order valence-corrected chi connectivity index (χ3v) is 4.78. The van der Waals surface area contributed by atoms with Gasteiger partial charge in [0.1, 0.15) is 11.4 Å². The van der Waals surface area contributed by atoms with Crippen molar-refractivity contribution in [2.75, 3.05) is 6.26 Å². The van der Waals surface area contributed by atoms with E-state index in [2.05, 4.69) is 4.72 Å². The van der Waals surface area contributed by atoms with E-state index >= 15 is 0 Å². The lowest BCUT2D eigenvalue weighted by molar-refractivity contribution is 0.0403. The summed E-state index contributed by atoms with van der Waals surface area (Å²) >= 11 is 0. The standard InChI is InChI=1S/C14H19NO3S/c1-19(16,17)15-12-10-14(8-4-5-9-14)18-13-7-3-2-6-11(12)13/h2-3,6-7,12,15H,4-5,8-10H2,1H3/t12-/m1/s1. The maximum Gasteiger partial charge on any atom is 0.209 e. The molecule has 0 saturated heterocycles. The molecule has 1 aromatic carbocycles. The van der Waals surface area contributed by atoms with Gasteiger partial charge in [-0.3, -0.25) is 0 Å². The summed E-state index contributed by atoms with van der Waals surface area (Å²) < 4.78 is 32.1. The van der Waals surface area contributed by atoms with Gasteiger partial charge in [0.2, 0.25) is 10.0 Å². The monoisotopic (exact) mass is 281 g/mol. The highest BCUT2D eigenvalue weighted by atomic mass is 32.2. The maximum absolute atomic E-state index is 11.6. The Labute approximate surface area is 114 Å². The summed E-state index contributed by atoms with van der Waals surface area (Å²) in [5.41, 5.74) is 0.780. The van der Waals surface area contributed by atoms with Crippen molar-refractivity contribution < 1.29 is 13.2 Å². The van der Waals surface area contributed by atoms with E-state index < -0.39 is 10.0 Å². The largest absolute Gasteiger partial charge is 0.487 e. The van der Waals surface area contributed by atoms with Gasteiger partial charge in [0.05, 0.1) is 12.3 Å². The van der Waals surface area contributed by atoms with Crippen LogP contribution in [-0.2, 0) is 10.0 Å². The van der Waals surface area contributed by atoms with Gasteiger partial charge in [0, 0.05) is 12.0 Å². The molecule has 1 aliphatic heterocycles. The molecule has 0 bridgehead atoms. The van der Waals surface area contributed by atoms with E-state index in [0.717, 1.165) is 43.4 Å². The van der Waals surface area contributed by atoms with E-state index in [1.165, 1.54) is 6.26 Å². The van der Waals surface area contributed by atoms with Crippen molar-refractivity contribution in [1.29, 1.82) is 0 Å². The van der Waals surface area contributed by atoms with Crippen molar-refractivity contribution in [2.24, 2.45) is 0 Å². The molecule has 1 atom stereocenters. The molecular formula is C14H19NO3S. The van der Waals surface area contributed by atoms with Crippen LogP contribution in [0.15, 0.2) is 24.3 Å². The Bertz CT molecular complexity index is 576. The van der Waals surface area contributed by atoms with Crippen molar-refractivity contribution >= 4 is 10.0 Å². The van der Waals surface area contributed by atoms with Crippen LogP contribution in [0.2, 0.25) is 0 Å². The van der Waals surface area contributed by atoms with E-state index in [-0.39, 0.29) is 11.6 Å². The van der Waals surface area contributed by atoms with Crippen LogP contribution >= 0.6 is 0 Å². The zero-order chi connectivity index (χ0) is 13.5. The van der Waals surface area contributed by atoms with Crippen LogP contribution in [-0.4, -0.2) is 20.3 Å². The molecule has 1 aliphatic carbocycles. The second-order valence-corrected chi connectivity index (χ2v) is 7.46. The summed E-state index contributed by atoms with van der Waals surface area (Å²) in [6.07, 6.45) is 6.30. The first-order valence-electron chi connectivity index (χ1n) is 6.73. The summed E-state index contributed by atoms with van der Waals surface area (Å²) in [5.74, 6) is 0.830. The predicted molar refractivity (Wildman–Crippen MR) is 73.6 cm³/mol. The van der Waals surface area contributed by atoms with Crippen molar-refractivity contribution in [1.82, 2.24) is 4.72 Å². The van der Waals surface area contributed by atoms with Crippen molar-refractivity contribution in [3.63, 3.8) is 0 Å². The summed E-state index contributed by atoms with van der Waals surface area (Å²) in [7, 11) is -3.22. The smallest absolute Gasteiger partial charge is 0.209 e.